The van der Waals surface area contributed by atoms with Crippen LogP contribution in [0, 0.1) is 0 Å². The second-order valence-electron chi connectivity index (χ2n) is 8.15. The van der Waals surface area contributed by atoms with E-state index in [0.717, 1.165) is 38.4 Å². The first-order chi connectivity index (χ1) is 15.7. The Kier molecular flexibility index (Phi) is 11.3. The molecule has 3 heterocycles. The number of pyridine rings is 1. The molecule has 1 amide bonds. The Morgan fingerprint density at radius 1 is 1.24 bits per heavy atom. The number of nitrogens with one attached hydrogen (secondary N) is 2. The van der Waals surface area contributed by atoms with Crippen LogP contribution < -0.4 is 20.3 Å². The number of benzene rings is 1. The predicted octanol–water partition coefficient (Wildman–Crippen LogP) is 2.36. The quantitative estimate of drug-likeness (QED) is 0.523. The standard InChI is InChI=1S/C24H32N4O4.2ClH/c1-2-32-24-19(8-9-22(27-24)28-10-5-12-31-13-11-28)23(30)26-16-21(29)20-14-17-6-3-4-7-18(17)15-25-20;;/h3-4,6-9,20-21,25,29H,2,5,10-16H2,1H3,(H,26,30);2*1H/t20-,21?;;/m0../s1. The number of carbonyl (C=O) groups is 1. The van der Waals surface area contributed by atoms with E-state index in [1.807, 2.05) is 25.1 Å². The molecule has 0 radical (unpaired) electrons. The van der Waals surface area contributed by atoms with Gasteiger partial charge in [-0.3, -0.25) is 4.79 Å². The molecule has 2 aliphatic heterocycles. The molecule has 1 unspecified atom stereocenters. The molecule has 2 aromatic rings. The van der Waals surface area contributed by atoms with Crippen LogP contribution in [0.1, 0.15) is 34.8 Å². The summed E-state index contributed by atoms with van der Waals surface area (Å²) in [6.07, 6.45) is 0.964. The van der Waals surface area contributed by atoms with Gasteiger partial charge in [0.25, 0.3) is 5.91 Å². The number of rotatable bonds is 7. The highest BCUT2D eigenvalue weighted by Gasteiger charge is 2.25. The maximum absolute atomic E-state index is 12.9. The van der Waals surface area contributed by atoms with Gasteiger partial charge in [0.2, 0.25) is 5.88 Å². The largest absolute Gasteiger partial charge is 0.477 e. The van der Waals surface area contributed by atoms with E-state index < -0.39 is 6.10 Å². The molecule has 1 fully saturated rings. The molecule has 188 valence electrons. The number of aliphatic hydroxyl groups is 1. The Morgan fingerprint density at radius 2 is 2.03 bits per heavy atom. The van der Waals surface area contributed by atoms with Gasteiger partial charge in [-0.1, -0.05) is 24.3 Å². The molecule has 1 aromatic carbocycles. The normalized spacial score (nSPS) is 18.4. The van der Waals surface area contributed by atoms with E-state index in [1.54, 1.807) is 6.07 Å². The molecular formula is C24H34Cl2N4O4. The number of hydrogen-bond acceptors (Lipinski definition) is 7. The highest BCUT2D eigenvalue weighted by atomic mass is 35.5. The van der Waals surface area contributed by atoms with Gasteiger partial charge in [-0.05, 0) is 43.0 Å². The summed E-state index contributed by atoms with van der Waals surface area (Å²) >= 11 is 0. The monoisotopic (exact) mass is 512 g/mol. The molecule has 3 N–H and O–H groups in total. The third-order valence-corrected chi connectivity index (χ3v) is 5.97. The SMILES string of the molecule is CCOc1nc(N2CCCOCC2)ccc1C(=O)NCC(O)[C@@H]1Cc2ccccc2CN1.Cl.Cl. The van der Waals surface area contributed by atoms with Crippen LogP contribution >= 0.6 is 24.8 Å². The summed E-state index contributed by atoms with van der Waals surface area (Å²) in [5.41, 5.74) is 2.86. The average molecular weight is 513 g/mol. The van der Waals surface area contributed by atoms with Crippen LogP contribution in [0.2, 0.25) is 0 Å². The highest BCUT2D eigenvalue weighted by Crippen LogP contribution is 2.23. The van der Waals surface area contributed by atoms with E-state index in [-0.39, 0.29) is 43.3 Å². The van der Waals surface area contributed by atoms with Crippen molar-refractivity contribution >= 4 is 36.5 Å². The summed E-state index contributed by atoms with van der Waals surface area (Å²) in [6, 6.07) is 11.7. The second-order valence-corrected chi connectivity index (χ2v) is 8.15. The van der Waals surface area contributed by atoms with Crippen molar-refractivity contribution in [1.29, 1.82) is 0 Å². The number of ether oxygens (including phenoxy) is 2. The lowest BCUT2D eigenvalue weighted by Crippen LogP contribution is -2.49. The fraction of sp³-hybridized carbons (Fsp3) is 0.500. The van der Waals surface area contributed by atoms with Crippen molar-refractivity contribution < 1.29 is 19.4 Å². The van der Waals surface area contributed by atoms with Crippen molar-refractivity contribution in [2.45, 2.75) is 38.5 Å². The Balaban J connectivity index is 0.00000204. The highest BCUT2D eigenvalue weighted by molar-refractivity contribution is 5.96. The molecule has 2 aliphatic rings. The molecule has 1 saturated heterocycles. The lowest BCUT2D eigenvalue weighted by Gasteiger charge is -2.30. The first-order valence-corrected chi connectivity index (χ1v) is 11.4. The summed E-state index contributed by atoms with van der Waals surface area (Å²) in [4.78, 5) is 19.6. The van der Waals surface area contributed by atoms with Crippen LogP contribution in [0.15, 0.2) is 36.4 Å². The maximum Gasteiger partial charge on any atom is 0.256 e. The van der Waals surface area contributed by atoms with E-state index >= 15 is 0 Å². The number of aliphatic hydroxyl groups excluding tert-OH is 1. The van der Waals surface area contributed by atoms with Crippen molar-refractivity contribution in [3.63, 3.8) is 0 Å². The zero-order valence-corrected chi connectivity index (χ0v) is 21.0. The van der Waals surface area contributed by atoms with Crippen LogP contribution in [0.3, 0.4) is 0 Å². The average Bonchev–Trinajstić information content (AvgIpc) is 3.12. The van der Waals surface area contributed by atoms with E-state index in [1.165, 1.54) is 11.1 Å². The molecule has 2 atom stereocenters. The van der Waals surface area contributed by atoms with Gasteiger partial charge < -0.3 is 30.1 Å². The third-order valence-electron chi connectivity index (χ3n) is 5.97. The zero-order chi connectivity index (χ0) is 22.3. The number of nitrogens with zero attached hydrogens (tertiary/aromatic N) is 2. The Hall–Kier alpha value is -2.10. The Bertz CT molecular complexity index is 926. The van der Waals surface area contributed by atoms with Gasteiger partial charge in [-0.2, -0.15) is 4.98 Å². The first kappa shape index (κ1) is 28.1. The minimum absolute atomic E-state index is 0. The molecule has 0 bridgehead atoms. The number of hydrogen-bond donors (Lipinski definition) is 3. The van der Waals surface area contributed by atoms with Crippen LogP contribution in [0.5, 0.6) is 5.88 Å². The fourth-order valence-corrected chi connectivity index (χ4v) is 4.19. The van der Waals surface area contributed by atoms with Crippen LogP contribution in [0.25, 0.3) is 0 Å². The van der Waals surface area contributed by atoms with Gasteiger partial charge in [0.1, 0.15) is 11.4 Å². The topological polar surface area (TPSA) is 96.0 Å². The van der Waals surface area contributed by atoms with Gasteiger partial charge in [-0.15, -0.1) is 24.8 Å². The fourth-order valence-electron chi connectivity index (χ4n) is 4.19. The Labute approximate surface area is 213 Å². The maximum atomic E-state index is 12.9. The minimum atomic E-state index is -0.702. The van der Waals surface area contributed by atoms with Crippen LogP contribution in [-0.4, -0.2) is 67.6 Å². The van der Waals surface area contributed by atoms with E-state index in [4.69, 9.17) is 9.47 Å². The molecule has 1 aromatic heterocycles. The van der Waals surface area contributed by atoms with Gasteiger partial charge >= 0.3 is 0 Å². The smallest absolute Gasteiger partial charge is 0.256 e. The first-order valence-electron chi connectivity index (χ1n) is 11.4. The van der Waals surface area contributed by atoms with E-state index in [9.17, 15) is 9.90 Å². The lowest BCUT2D eigenvalue weighted by molar-refractivity contribution is 0.0866. The lowest BCUT2D eigenvalue weighted by atomic mass is 9.93. The van der Waals surface area contributed by atoms with Gasteiger partial charge in [0.15, 0.2) is 0 Å². The summed E-state index contributed by atoms with van der Waals surface area (Å²) < 4.78 is 11.2. The predicted molar refractivity (Wildman–Crippen MR) is 137 cm³/mol. The van der Waals surface area contributed by atoms with Crippen molar-refractivity contribution in [3.05, 3.63) is 53.1 Å². The molecule has 8 nitrogen and oxygen atoms in total. The number of fused-ring (bicyclic) bond motifs is 1. The molecule has 0 saturated carbocycles. The van der Waals surface area contributed by atoms with E-state index in [0.29, 0.717) is 31.2 Å². The summed E-state index contributed by atoms with van der Waals surface area (Å²) in [5.74, 6) is 0.787. The van der Waals surface area contributed by atoms with Crippen molar-refractivity contribution in [2.24, 2.45) is 0 Å². The molecular weight excluding hydrogens is 479 g/mol. The second kappa shape index (κ2) is 13.7. The van der Waals surface area contributed by atoms with Crippen LogP contribution in [0.4, 0.5) is 5.82 Å². The van der Waals surface area contributed by atoms with Crippen molar-refractivity contribution in [3.8, 4) is 5.88 Å². The number of aromatic nitrogens is 1. The molecule has 10 heteroatoms. The zero-order valence-electron chi connectivity index (χ0n) is 19.4. The molecule has 4 rings (SSSR count). The van der Waals surface area contributed by atoms with Gasteiger partial charge in [0.05, 0.1) is 19.3 Å². The molecule has 0 spiro atoms. The molecule has 34 heavy (non-hydrogen) atoms. The van der Waals surface area contributed by atoms with Gasteiger partial charge in [0, 0.05) is 38.8 Å². The van der Waals surface area contributed by atoms with Crippen molar-refractivity contribution in [1.82, 2.24) is 15.6 Å². The van der Waals surface area contributed by atoms with Gasteiger partial charge in [-0.25, -0.2) is 0 Å². The van der Waals surface area contributed by atoms with Crippen molar-refractivity contribution in [2.75, 3.05) is 44.4 Å². The van der Waals surface area contributed by atoms with E-state index in [2.05, 4.69) is 32.7 Å². The minimum Gasteiger partial charge on any atom is -0.477 e. The number of amides is 1. The summed E-state index contributed by atoms with van der Waals surface area (Å²) in [6.45, 7) is 6.16. The van der Waals surface area contributed by atoms with Crippen LogP contribution in [-0.2, 0) is 17.7 Å². The number of anilines is 1. The number of carbonyl (C=O) groups excluding carboxylic acids is 1. The molecule has 0 aliphatic carbocycles. The summed E-state index contributed by atoms with van der Waals surface area (Å²) in [7, 11) is 0. The number of halogens is 2. The summed E-state index contributed by atoms with van der Waals surface area (Å²) in [5, 5.41) is 16.9. The Morgan fingerprint density at radius 3 is 2.82 bits per heavy atom. The third kappa shape index (κ3) is 6.96.